The summed E-state index contributed by atoms with van der Waals surface area (Å²) < 4.78 is 30.7. The molecular weight excluding hydrogens is 571 g/mol. The molecule has 4 aromatic carbocycles. The van der Waals surface area contributed by atoms with Crippen molar-refractivity contribution in [1.82, 2.24) is 18.5 Å². The van der Waals surface area contributed by atoms with Gasteiger partial charge in [0.25, 0.3) is 5.56 Å². The smallest absolute Gasteiger partial charge is 0.271 e. The van der Waals surface area contributed by atoms with Gasteiger partial charge >= 0.3 is 0 Å². The number of aromatic nitrogens is 4. The monoisotopic (exact) mass is 602 g/mol. The molecule has 44 heavy (non-hydrogen) atoms. The first-order chi connectivity index (χ1) is 21.6. The summed E-state index contributed by atoms with van der Waals surface area (Å²) in [5, 5.41) is 4.92. The number of hydrogen-bond acceptors (Lipinski definition) is 6. The van der Waals surface area contributed by atoms with Gasteiger partial charge in [0.05, 0.1) is 29.3 Å². The molecule has 0 amide bonds. The molecule has 0 saturated heterocycles. The minimum atomic E-state index is -0.450. The van der Waals surface area contributed by atoms with E-state index < -0.39 is 6.04 Å². The topological polar surface area (TPSA) is 69.9 Å². The van der Waals surface area contributed by atoms with Crippen molar-refractivity contribution in [2.24, 2.45) is 0 Å². The van der Waals surface area contributed by atoms with Crippen molar-refractivity contribution in [3.63, 3.8) is 0 Å². The highest BCUT2D eigenvalue weighted by Crippen LogP contribution is 2.35. The summed E-state index contributed by atoms with van der Waals surface area (Å²) in [4.78, 5) is 14.6. The molecule has 0 aliphatic heterocycles. The molecule has 0 aliphatic rings. The van der Waals surface area contributed by atoms with E-state index in [0.29, 0.717) is 48.6 Å². The molecule has 6 rings (SSSR count). The number of para-hydroxylation sites is 1. The number of ether oxygens (including phenoxy) is 1. The Morgan fingerprint density at radius 3 is 2.27 bits per heavy atom. The Hall–Kier alpha value is -4.95. The fraction of sp³-hybridized carbons (Fsp3) is 0.167. The van der Waals surface area contributed by atoms with E-state index in [1.54, 1.807) is 16.9 Å². The predicted octanol–water partition coefficient (Wildman–Crippen LogP) is 7.41. The third-order valence-electron chi connectivity index (χ3n) is 7.62. The van der Waals surface area contributed by atoms with Crippen LogP contribution in [0, 0.1) is 12.7 Å². The minimum Gasteiger partial charge on any atom is -0.488 e. The average molecular weight is 603 g/mol. The summed E-state index contributed by atoms with van der Waals surface area (Å²) in [5.74, 6) is 0.361. The van der Waals surface area contributed by atoms with Crippen molar-refractivity contribution < 1.29 is 9.13 Å². The van der Waals surface area contributed by atoms with E-state index in [0.717, 1.165) is 39.5 Å². The summed E-state index contributed by atoms with van der Waals surface area (Å²) in [6.07, 6.45) is 3.10. The Labute approximate surface area is 259 Å². The van der Waals surface area contributed by atoms with Gasteiger partial charge in [0, 0.05) is 23.1 Å². The fourth-order valence-corrected chi connectivity index (χ4v) is 5.96. The molecule has 8 heteroatoms. The summed E-state index contributed by atoms with van der Waals surface area (Å²) in [6, 6.07) is 33.8. The van der Waals surface area contributed by atoms with E-state index in [1.807, 2.05) is 97.9 Å². The zero-order valence-corrected chi connectivity index (χ0v) is 25.1. The van der Waals surface area contributed by atoms with E-state index in [2.05, 4.69) is 8.75 Å². The third-order valence-corrected chi connectivity index (χ3v) is 8.11. The zero-order valence-electron chi connectivity index (χ0n) is 24.3. The lowest BCUT2D eigenvalue weighted by molar-refractivity contribution is 0.307. The Morgan fingerprint density at radius 2 is 1.55 bits per heavy atom. The maximum absolute atomic E-state index is 14.6. The summed E-state index contributed by atoms with van der Waals surface area (Å²) in [5.41, 5.74) is 6.20. The Bertz CT molecular complexity index is 1890. The maximum atomic E-state index is 14.6. The van der Waals surface area contributed by atoms with Crippen LogP contribution < -0.4 is 10.3 Å². The van der Waals surface area contributed by atoms with Crippen LogP contribution in [-0.2, 0) is 25.9 Å². The van der Waals surface area contributed by atoms with Gasteiger partial charge in [-0.05, 0) is 54.7 Å². The van der Waals surface area contributed by atoms with Gasteiger partial charge in [0.15, 0.2) is 0 Å². The molecule has 0 saturated carbocycles. The third kappa shape index (κ3) is 6.66. The molecule has 6 aromatic rings. The largest absolute Gasteiger partial charge is 0.488 e. The molecule has 1 atom stereocenters. The van der Waals surface area contributed by atoms with E-state index in [4.69, 9.17) is 9.84 Å². The van der Waals surface area contributed by atoms with Gasteiger partial charge in [-0.1, -0.05) is 91.0 Å². The molecule has 0 N–H and O–H groups in total. The number of rotatable bonds is 11. The lowest BCUT2D eigenvalue weighted by Crippen LogP contribution is -2.33. The lowest BCUT2D eigenvalue weighted by Gasteiger charge is -2.22. The number of halogens is 1. The van der Waals surface area contributed by atoms with Crippen LogP contribution in [0.25, 0.3) is 11.1 Å². The van der Waals surface area contributed by atoms with Gasteiger partial charge in [-0.15, -0.1) is 0 Å². The highest BCUT2D eigenvalue weighted by atomic mass is 32.1. The molecule has 0 aliphatic carbocycles. The second kappa shape index (κ2) is 13.6. The molecule has 0 radical (unpaired) electrons. The molecule has 0 fully saturated rings. The van der Waals surface area contributed by atoms with Crippen molar-refractivity contribution in [3.8, 4) is 16.9 Å². The van der Waals surface area contributed by atoms with Crippen LogP contribution in [0.4, 0.5) is 4.39 Å². The first-order valence-electron chi connectivity index (χ1n) is 14.5. The number of benzene rings is 4. The van der Waals surface area contributed by atoms with E-state index in [9.17, 15) is 9.18 Å². The van der Waals surface area contributed by atoms with Gasteiger partial charge in [0.1, 0.15) is 24.2 Å². The van der Waals surface area contributed by atoms with Crippen molar-refractivity contribution in [3.05, 3.63) is 165 Å². The van der Waals surface area contributed by atoms with Gasteiger partial charge in [-0.25, -0.2) is 9.07 Å². The summed E-state index contributed by atoms with van der Waals surface area (Å²) in [6.45, 7) is 2.31. The number of aryl methyl sites for hydroxylation is 2. The summed E-state index contributed by atoms with van der Waals surface area (Å²) in [7, 11) is 0. The van der Waals surface area contributed by atoms with Crippen LogP contribution in [0.1, 0.15) is 39.7 Å². The van der Waals surface area contributed by atoms with Crippen molar-refractivity contribution in [2.75, 3.05) is 0 Å². The van der Waals surface area contributed by atoms with Crippen LogP contribution in [0.15, 0.2) is 120 Å². The van der Waals surface area contributed by atoms with Gasteiger partial charge in [-0.2, -0.15) is 13.8 Å². The molecule has 6 nitrogen and oxygen atoms in total. The van der Waals surface area contributed by atoms with Gasteiger partial charge in [-0.3, -0.25) is 4.79 Å². The van der Waals surface area contributed by atoms with Crippen LogP contribution >= 0.6 is 11.7 Å². The Balaban J connectivity index is 1.47. The molecule has 2 heterocycles. The van der Waals surface area contributed by atoms with E-state index in [1.165, 1.54) is 12.1 Å². The summed E-state index contributed by atoms with van der Waals surface area (Å²) >= 11 is 1.11. The molecule has 220 valence electrons. The molecule has 0 spiro atoms. The fourth-order valence-electron chi connectivity index (χ4n) is 5.49. The maximum Gasteiger partial charge on any atom is 0.271 e. The average Bonchev–Trinajstić information content (AvgIpc) is 3.59. The lowest BCUT2D eigenvalue weighted by atomic mass is 9.94. The molecular formula is C36H31FN4O2S. The van der Waals surface area contributed by atoms with E-state index in [-0.39, 0.29) is 11.4 Å². The van der Waals surface area contributed by atoms with Crippen molar-refractivity contribution in [1.29, 1.82) is 0 Å². The molecule has 2 aromatic heterocycles. The van der Waals surface area contributed by atoms with E-state index >= 15 is 0 Å². The second-order valence-corrected chi connectivity index (χ2v) is 11.2. The van der Waals surface area contributed by atoms with Crippen molar-refractivity contribution in [2.45, 2.75) is 38.8 Å². The van der Waals surface area contributed by atoms with Crippen LogP contribution in [0.3, 0.4) is 0 Å². The first kappa shape index (κ1) is 29.1. The number of hydrogen-bond donors (Lipinski definition) is 0. The zero-order chi connectivity index (χ0) is 30.3. The normalized spacial score (nSPS) is 11.8. The van der Waals surface area contributed by atoms with Crippen LogP contribution in [0.5, 0.6) is 5.75 Å². The second-order valence-electron chi connectivity index (χ2n) is 10.6. The number of nitrogens with zero attached hydrogens (tertiary/aromatic N) is 4. The standard InChI is InChI=1S/C36H31FN4O2S/c1-25-35(30-17-8-9-18-34(30)43-24-28-13-6-3-7-14-28)31(20-19-27-15-10-16-29(37)21-27)36(42)41(39-25)33(32-23-38-44-40-32)22-26-11-4-2-5-12-26/h2-18,21,23,33H,19-20,22,24H2,1H3. The highest BCUT2D eigenvalue weighted by Gasteiger charge is 2.26. The highest BCUT2D eigenvalue weighted by molar-refractivity contribution is 6.99. The quantitative estimate of drug-likeness (QED) is 0.155. The van der Waals surface area contributed by atoms with Crippen LogP contribution in [-0.4, -0.2) is 18.5 Å². The Kier molecular flexibility index (Phi) is 8.98. The van der Waals surface area contributed by atoms with Crippen LogP contribution in [0.2, 0.25) is 0 Å². The predicted molar refractivity (Wildman–Crippen MR) is 171 cm³/mol. The SMILES string of the molecule is Cc1nn(C(Cc2ccccc2)c2cnsn2)c(=O)c(CCc2cccc(F)c2)c1-c1ccccc1OCc1ccccc1. The first-order valence-corrected chi connectivity index (χ1v) is 15.2. The Morgan fingerprint density at radius 1 is 0.841 bits per heavy atom. The molecule has 0 bridgehead atoms. The van der Waals surface area contributed by atoms with Crippen molar-refractivity contribution >= 4 is 11.7 Å². The van der Waals surface area contributed by atoms with Gasteiger partial charge in [0.2, 0.25) is 0 Å². The molecule has 1 unspecified atom stereocenters. The minimum absolute atomic E-state index is 0.214. The van der Waals surface area contributed by atoms with Gasteiger partial charge < -0.3 is 4.74 Å².